The molecule has 0 unspecified atom stereocenters. The quantitative estimate of drug-likeness (QED) is 0.704. The molecule has 1 aromatic carbocycles. The third-order valence-corrected chi connectivity index (χ3v) is 3.03. The fourth-order valence-corrected chi connectivity index (χ4v) is 1.76. The van der Waals surface area contributed by atoms with Gasteiger partial charge >= 0.3 is 0 Å². The lowest BCUT2D eigenvalue weighted by atomic mass is 10.2. The van der Waals surface area contributed by atoms with Gasteiger partial charge in [0.25, 0.3) is 0 Å². The zero-order valence-electron chi connectivity index (χ0n) is 8.09. The number of fused-ring (bicyclic) bond motifs is 1. The fourth-order valence-electron chi connectivity index (χ4n) is 1.45. The average molecular weight is 246 g/mol. The number of hydrogen-bond donors (Lipinski definition) is 0. The maximum Gasteiger partial charge on any atom is 0.230 e. The molecule has 80 valence electrons. The number of hydrogen-bond acceptors (Lipinski definition) is 2. The molecule has 1 aliphatic heterocycles. The van der Waals surface area contributed by atoms with Gasteiger partial charge in [0.1, 0.15) is 5.75 Å². The molecule has 1 aromatic rings. The highest BCUT2D eigenvalue weighted by molar-refractivity contribution is 6.42. The highest BCUT2D eigenvalue weighted by Gasteiger charge is 2.21. The van der Waals surface area contributed by atoms with Crippen LogP contribution in [0.3, 0.4) is 0 Å². The molecule has 0 fully saturated rings. The topological polar surface area (TPSA) is 29.5 Å². The van der Waals surface area contributed by atoms with Crippen molar-refractivity contribution in [2.75, 3.05) is 18.6 Å². The molecular weight excluding hydrogens is 237 g/mol. The molecule has 0 atom stereocenters. The fraction of sp³-hybridized carbons (Fsp3) is 0.300. The summed E-state index contributed by atoms with van der Waals surface area (Å²) in [5.74, 6) is 0.602. The zero-order chi connectivity index (χ0) is 11.0. The molecule has 2 rings (SSSR count). The third kappa shape index (κ3) is 1.90. The molecule has 1 heterocycles. The molecule has 0 N–H and O–H groups in total. The number of rotatable bonds is 0. The van der Waals surface area contributed by atoms with Crippen molar-refractivity contribution in [1.82, 2.24) is 0 Å². The monoisotopic (exact) mass is 245 g/mol. The molecule has 3 nitrogen and oxygen atoms in total. The lowest BCUT2D eigenvalue weighted by Crippen LogP contribution is -2.25. The summed E-state index contributed by atoms with van der Waals surface area (Å²) in [5, 5.41) is 0.846. The number of ether oxygens (including phenoxy) is 1. The summed E-state index contributed by atoms with van der Waals surface area (Å²) in [4.78, 5) is 13.1. The van der Waals surface area contributed by atoms with Crippen LogP contribution in [-0.4, -0.2) is 19.6 Å². The van der Waals surface area contributed by atoms with Crippen LogP contribution < -0.4 is 9.64 Å². The Balaban J connectivity index is 2.54. The van der Waals surface area contributed by atoms with Crippen LogP contribution in [0.1, 0.15) is 6.42 Å². The van der Waals surface area contributed by atoms with Crippen LogP contribution in [0.4, 0.5) is 5.69 Å². The van der Waals surface area contributed by atoms with Gasteiger partial charge in [0.2, 0.25) is 5.91 Å². The third-order valence-electron chi connectivity index (χ3n) is 2.31. The Morgan fingerprint density at radius 1 is 1.33 bits per heavy atom. The smallest absolute Gasteiger partial charge is 0.230 e. The molecule has 0 saturated heterocycles. The van der Waals surface area contributed by atoms with E-state index in [4.69, 9.17) is 27.9 Å². The number of benzene rings is 1. The Bertz CT molecular complexity index is 420. The predicted octanol–water partition coefficient (Wildman–Crippen LogP) is 2.74. The molecule has 0 spiro atoms. The largest absolute Gasteiger partial charge is 0.491 e. The van der Waals surface area contributed by atoms with E-state index in [1.807, 2.05) is 0 Å². The average Bonchev–Trinajstić information content (AvgIpc) is 2.32. The van der Waals surface area contributed by atoms with E-state index in [1.165, 1.54) is 4.90 Å². The van der Waals surface area contributed by atoms with Crippen LogP contribution >= 0.6 is 23.2 Å². The first kappa shape index (κ1) is 10.6. The summed E-state index contributed by atoms with van der Waals surface area (Å²) in [6.07, 6.45) is 0.362. The molecule has 1 amide bonds. The Morgan fingerprint density at radius 2 is 2.00 bits per heavy atom. The summed E-state index contributed by atoms with van der Waals surface area (Å²) in [6, 6.07) is 3.27. The molecule has 0 aromatic heterocycles. The van der Waals surface area contributed by atoms with Crippen LogP contribution in [0, 0.1) is 0 Å². The van der Waals surface area contributed by atoms with Crippen molar-refractivity contribution >= 4 is 34.8 Å². The summed E-state index contributed by atoms with van der Waals surface area (Å²) in [6.45, 7) is 0.369. The SMILES string of the molecule is CN1C(=O)CCOc2cc(Cl)c(Cl)cc21. The van der Waals surface area contributed by atoms with Gasteiger partial charge in [0, 0.05) is 13.1 Å². The normalized spacial score (nSPS) is 15.7. The second-order valence-corrected chi connectivity index (χ2v) is 4.10. The number of halogens is 2. The van der Waals surface area contributed by atoms with Gasteiger partial charge in [-0.2, -0.15) is 0 Å². The summed E-state index contributed by atoms with van der Waals surface area (Å²) >= 11 is 11.8. The van der Waals surface area contributed by atoms with Gasteiger partial charge in [0.05, 0.1) is 28.8 Å². The molecule has 1 aliphatic rings. The summed E-state index contributed by atoms with van der Waals surface area (Å²) < 4.78 is 5.42. The minimum atomic E-state index is 0.00661. The van der Waals surface area contributed by atoms with Gasteiger partial charge in [-0.3, -0.25) is 4.79 Å². The van der Waals surface area contributed by atoms with Gasteiger partial charge in [-0.05, 0) is 6.07 Å². The van der Waals surface area contributed by atoms with E-state index in [0.29, 0.717) is 34.5 Å². The van der Waals surface area contributed by atoms with Crippen LogP contribution in [0.25, 0.3) is 0 Å². The lowest BCUT2D eigenvalue weighted by molar-refractivity contribution is -0.118. The molecule has 5 heteroatoms. The molecule has 15 heavy (non-hydrogen) atoms. The number of carbonyl (C=O) groups excluding carboxylic acids is 1. The highest BCUT2D eigenvalue weighted by Crippen LogP contribution is 2.37. The number of nitrogens with zero attached hydrogens (tertiary/aromatic N) is 1. The van der Waals surface area contributed by atoms with E-state index in [-0.39, 0.29) is 5.91 Å². The first-order valence-electron chi connectivity index (χ1n) is 4.48. The summed E-state index contributed by atoms with van der Waals surface area (Å²) in [7, 11) is 1.69. The van der Waals surface area contributed by atoms with E-state index < -0.39 is 0 Å². The minimum Gasteiger partial charge on any atom is -0.491 e. The van der Waals surface area contributed by atoms with Crippen molar-refractivity contribution in [3.63, 3.8) is 0 Å². The Labute approximate surface area is 97.5 Å². The van der Waals surface area contributed by atoms with Gasteiger partial charge in [-0.15, -0.1) is 0 Å². The second-order valence-electron chi connectivity index (χ2n) is 3.29. The second kappa shape index (κ2) is 3.91. The lowest BCUT2D eigenvalue weighted by Gasteiger charge is -2.16. The van der Waals surface area contributed by atoms with Crippen molar-refractivity contribution in [2.45, 2.75) is 6.42 Å². The Hall–Kier alpha value is -0.930. The van der Waals surface area contributed by atoms with Gasteiger partial charge in [-0.1, -0.05) is 23.2 Å². The van der Waals surface area contributed by atoms with Gasteiger partial charge < -0.3 is 9.64 Å². The number of anilines is 1. The van der Waals surface area contributed by atoms with E-state index in [0.717, 1.165) is 0 Å². The van der Waals surface area contributed by atoms with E-state index in [9.17, 15) is 4.79 Å². The first-order chi connectivity index (χ1) is 7.09. The van der Waals surface area contributed by atoms with Crippen molar-refractivity contribution < 1.29 is 9.53 Å². The first-order valence-corrected chi connectivity index (χ1v) is 5.23. The van der Waals surface area contributed by atoms with Gasteiger partial charge in [0.15, 0.2) is 0 Å². The van der Waals surface area contributed by atoms with E-state index in [1.54, 1.807) is 19.2 Å². The van der Waals surface area contributed by atoms with E-state index >= 15 is 0 Å². The number of amides is 1. The van der Waals surface area contributed by atoms with Gasteiger partial charge in [-0.25, -0.2) is 0 Å². The molecule has 0 radical (unpaired) electrons. The molecular formula is C10H9Cl2NO2. The minimum absolute atomic E-state index is 0.00661. The molecule has 0 bridgehead atoms. The Morgan fingerprint density at radius 3 is 2.73 bits per heavy atom. The van der Waals surface area contributed by atoms with Crippen molar-refractivity contribution in [1.29, 1.82) is 0 Å². The molecule has 0 aliphatic carbocycles. The summed E-state index contributed by atoms with van der Waals surface area (Å²) in [5.41, 5.74) is 0.659. The van der Waals surface area contributed by atoms with Crippen molar-refractivity contribution in [3.05, 3.63) is 22.2 Å². The highest BCUT2D eigenvalue weighted by atomic mass is 35.5. The number of carbonyl (C=O) groups is 1. The predicted molar refractivity (Wildman–Crippen MR) is 60.0 cm³/mol. The van der Waals surface area contributed by atoms with E-state index in [2.05, 4.69) is 0 Å². The maximum atomic E-state index is 11.5. The van der Waals surface area contributed by atoms with Crippen molar-refractivity contribution in [3.8, 4) is 5.75 Å². The Kier molecular flexibility index (Phi) is 2.76. The van der Waals surface area contributed by atoms with Crippen LogP contribution in [-0.2, 0) is 4.79 Å². The standard InChI is InChI=1S/C10H9Cl2NO2/c1-13-8-4-6(11)7(12)5-9(8)15-3-2-10(13)14/h4-5H,2-3H2,1H3. The zero-order valence-corrected chi connectivity index (χ0v) is 9.60. The van der Waals surface area contributed by atoms with Crippen LogP contribution in [0.5, 0.6) is 5.75 Å². The van der Waals surface area contributed by atoms with Crippen molar-refractivity contribution in [2.24, 2.45) is 0 Å². The van der Waals surface area contributed by atoms with Crippen LogP contribution in [0.2, 0.25) is 10.0 Å². The maximum absolute atomic E-state index is 11.5. The van der Waals surface area contributed by atoms with Crippen LogP contribution in [0.15, 0.2) is 12.1 Å². The molecule has 0 saturated carbocycles.